The number of rotatable bonds is 4. The van der Waals surface area contributed by atoms with Gasteiger partial charge in [0.1, 0.15) is 0 Å². The van der Waals surface area contributed by atoms with Gasteiger partial charge in [-0.3, -0.25) is 0 Å². The fraction of sp³-hybridized carbons (Fsp3) is 0.0667. The fourth-order valence-corrected chi connectivity index (χ4v) is 10.8. The van der Waals surface area contributed by atoms with Gasteiger partial charge in [0.05, 0.1) is 0 Å². The van der Waals surface area contributed by atoms with Gasteiger partial charge in [-0.15, -0.1) is 0 Å². The molecule has 0 aromatic heterocycles. The van der Waals surface area contributed by atoms with Gasteiger partial charge in [0.25, 0.3) is 0 Å². The van der Waals surface area contributed by atoms with E-state index in [0.29, 0.717) is 0 Å². The molecule has 13 rings (SSSR count). The summed E-state index contributed by atoms with van der Waals surface area (Å²) in [6, 6.07) is 72.9. The van der Waals surface area contributed by atoms with Gasteiger partial charge in [0, 0.05) is 47.0 Å². The number of hydrogen-bond donors (Lipinski definition) is 0. The van der Waals surface area contributed by atoms with Gasteiger partial charge in [0.2, 0.25) is 0 Å². The monoisotopic (exact) mass is 790 g/mol. The van der Waals surface area contributed by atoms with E-state index in [1.165, 1.54) is 116 Å². The molecule has 0 bridgehead atoms. The number of allylic oxidation sites excluding steroid dienone is 4. The molecule has 0 radical (unpaired) electrons. The first-order chi connectivity index (χ1) is 30.7. The molecule has 0 amide bonds. The number of anilines is 5. The molecule has 0 N–H and O–H groups in total. The van der Waals surface area contributed by atoms with Gasteiger partial charge in [-0.2, -0.15) is 0 Å². The molecular formula is C60H42N2. The van der Waals surface area contributed by atoms with Crippen molar-refractivity contribution in [2.24, 2.45) is 0 Å². The van der Waals surface area contributed by atoms with E-state index in [2.05, 4.69) is 216 Å². The van der Waals surface area contributed by atoms with E-state index in [-0.39, 0.29) is 0 Å². The maximum atomic E-state index is 2.56. The summed E-state index contributed by atoms with van der Waals surface area (Å²) in [5.41, 5.74) is 18.0. The predicted octanol–water partition coefficient (Wildman–Crippen LogP) is 16.3. The molecule has 292 valence electrons. The third kappa shape index (κ3) is 5.50. The Morgan fingerprint density at radius 1 is 0.355 bits per heavy atom. The molecule has 2 nitrogen and oxygen atoms in total. The Balaban J connectivity index is 1.15. The van der Waals surface area contributed by atoms with Gasteiger partial charge < -0.3 is 9.80 Å². The second-order valence-electron chi connectivity index (χ2n) is 17.2. The molecule has 0 spiro atoms. The number of nitrogens with zero attached hydrogens (tertiary/aromatic N) is 2. The van der Waals surface area contributed by atoms with Crippen molar-refractivity contribution in [2.45, 2.75) is 25.7 Å². The Kier molecular flexibility index (Phi) is 7.90. The van der Waals surface area contributed by atoms with Crippen LogP contribution >= 0.6 is 0 Å². The van der Waals surface area contributed by atoms with Crippen molar-refractivity contribution in [3.63, 3.8) is 0 Å². The van der Waals surface area contributed by atoms with Crippen LogP contribution in [0.4, 0.5) is 28.4 Å². The van der Waals surface area contributed by atoms with Crippen LogP contribution in [0, 0.1) is 0 Å². The standard InChI is InChI=1S/C60H42N2/c1-3-15-41-33-47(27-25-39(41)13-1)59-51-31-29-50(62-57-23-11-7-19-45(57)36-46-20-8-12-24-58(46)62)38-54(51)60(48-28-26-40-14-2-4-16-42(40)34-48)52-32-30-49(37-53(52)59)61-55-21-9-5-17-43(55)35-44-18-6-10-22-56(44)61/h1-11,13-23,25-34,37-38H,12,24,35-36H2. The fourth-order valence-electron chi connectivity index (χ4n) is 10.8. The van der Waals surface area contributed by atoms with E-state index < -0.39 is 0 Å². The lowest BCUT2D eigenvalue weighted by molar-refractivity contribution is 0.859. The Bertz CT molecular complexity index is 3510. The Morgan fingerprint density at radius 3 is 1.39 bits per heavy atom. The predicted molar refractivity (Wildman–Crippen MR) is 263 cm³/mol. The lowest BCUT2D eigenvalue weighted by atomic mass is 9.84. The summed E-state index contributed by atoms with van der Waals surface area (Å²) in [5.74, 6) is 0. The van der Waals surface area contributed by atoms with Gasteiger partial charge in [-0.25, -0.2) is 0 Å². The van der Waals surface area contributed by atoms with Crippen LogP contribution in [-0.2, 0) is 12.8 Å². The summed E-state index contributed by atoms with van der Waals surface area (Å²) in [4.78, 5) is 5.05. The minimum atomic E-state index is 0.925. The van der Waals surface area contributed by atoms with E-state index in [9.17, 15) is 0 Å². The van der Waals surface area contributed by atoms with E-state index in [1.54, 1.807) is 0 Å². The van der Waals surface area contributed by atoms with E-state index >= 15 is 0 Å². The van der Waals surface area contributed by atoms with Crippen LogP contribution in [0.2, 0.25) is 0 Å². The van der Waals surface area contributed by atoms with E-state index in [1.807, 2.05) is 0 Å². The zero-order valence-corrected chi connectivity index (χ0v) is 34.4. The zero-order chi connectivity index (χ0) is 40.7. The summed E-state index contributed by atoms with van der Waals surface area (Å²) in [6.45, 7) is 0. The number of benzene rings is 10. The summed E-state index contributed by atoms with van der Waals surface area (Å²) >= 11 is 0. The third-order valence-corrected chi connectivity index (χ3v) is 13.6. The van der Waals surface area contributed by atoms with Crippen LogP contribution in [-0.4, -0.2) is 0 Å². The van der Waals surface area contributed by atoms with Crippen LogP contribution in [0.25, 0.3) is 65.3 Å². The van der Waals surface area contributed by atoms with Crippen LogP contribution in [0.1, 0.15) is 29.5 Å². The highest BCUT2D eigenvalue weighted by atomic mass is 15.2. The van der Waals surface area contributed by atoms with E-state index in [0.717, 1.165) is 31.4 Å². The molecule has 0 saturated heterocycles. The van der Waals surface area contributed by atoms with Crippen molar-refractivity contribution >= 4 is 71.5 Å². The van der Waals surface area contributed by atoms with Crippen molar-refractivity contribution in [1.82, 2.24) is 0 Å². The largest absolute Gasteiger partial charge is 0.314 e. The molecule has 2 aliphatic heterocycles. The highest BCUT2D eigenvalue weighted by molar-refractivity contribution is 6.23. The van der Waals surface area contributed by atoms with E-state index in [4.69, 9.17) is 0 Å². The zero-order valence-electron chi connectivity index (χ0n) is 34.4. The summed E-state index contributed by atoms with van der Waals surface area (Å²) < 4.78 is 0. The minimum Gasteiger partial charge on any atom is -0.314 e. The molecule has 10 aromatic carbocycles. The minimum absolute atomic E-state index is 0.925. The number of para-hydroxylation sites is 3. The van der Waals surface area contributed by atoms with Crippen molar-refractivity contribution in [3.8, 4) is 22.3 Å². The normalized spacial score (nSPS) is 14.3. The van der Waals surface area contributed by atoms with Crippen molar-refractivity contribution in [2.75, 3.05) is 9.80 Å². The molecule has 2 heterocycles. The van der Waals surface area contributed by atoms with Crippen LogP contribution in [0.5, 0.6) is 0 Å². The highest BCUT2D eigenvalue weighted by Crippen LogP contribution is 2.51. The summed E-state index contributed by atoms with van der Waals surface area (Å²) in [6.07, 6.45) is 8.69. The average molecular weight is 791 g/mol. The lowest BCUT2D eigenvalue weighted by Crippen LogP contribution is -2.24. The SMILES string of the molecule is C1=CC2=C(CC1)N(c1ccc3c(-c4ccc5ccccc5c4)c4cc(N5c6ccccc6Cc6ccccc65)ccc4c(-c4ccc5ccccc5c4)c3c1)c1ccccc1C2. The molecule has 0 saturated carbocycles. The summed E-state index contributed by atoms with van der Waals surface area (Å²) in [5, 5.41) is 9.97. The first-order valence-corrected chi connectivity index (χ1v) is 22.0. The summed E-state index contributed by atoms with van der Waals surface area (Å²) in [7, 11) is 0. The van der Waals surface area contributed by atoms with Gasteiger partial charge in [0.15, 0.2) is 0 Å². The van der Waals surface area contributed by atoms with Crippen molar-refractivity contribution < 1.29 is 0 Å². The molecule has 0 fully saturated rings. The Labute approximate surface area is 361 Å². The topological polar surface area (TPSA) is 6.48 Å². The van der Waals surface area contributed by atoms with Crippen LogP contribution in [0.3, 0.4) is 0 Å². The van der Waals surface area contributed by atoms with Crippen molar-refractivity contribution in [1.29, 1.82) is 0 Å². The molecule has 0 atom stereocenters. The lowest BCUT2D eigenvalue weighted by Gasteiger charge is -2.37. The molecule has 3 aliphatic rings. The second-order valence-corrected chi connectivity index (χ2v) is 17.2. The molecule has 2 heteroatoms. The molecule has 10 aromatic rings. The maximum absolute atomic E-state index is 2.56. The van der Waals surface area contributed by atoms with Gasteiger partial charge >= 0.3 is 0 Å². The number of fused-ring (bicyclic) bond motifs is 7. The smallest absolute Gasteiger partial charge is 0.0497 e. The first-order valence-electron chi connectivity index (χ1n) is 22.0. The quantitative estimate of drug-likeness (QED) is 0.164. The first kappa shape index (κ1) is 35.1. The molecule has 1 aliphatic carbocycles. The van der Waals surface area contributed by atoms with Crippen LogP contribution in [0.15, 0.2) is 218 Å². The maximum Gasteiger partial charge on any atom is 0.0497 e. The van der Waals surface area contributed by atoms with Gasteiger partial charge in [-0.1, -0.05) is 152 Å². The van der Waals surface area contributed by atoms with Gasteiger partial charge in [-0.05, 0) is 155 Å². The highest BCUT2D eigenvalue weighted by Gasteiger charge is 2.29. The Hall–Kier alpha value is -7.68. The second kappa shape index (κ2) is 13.9. The Morgan fingerprint density at radius 2 is 0.823 bits per heavy atom. The van der Waals surface area contributed by atoms with Crippen molar-refractivity contribution in [3.05, 3.63) is 234 Å². The molecule has 0 unspecified atom stereocenters. The third-order valence-electron chi connectivity index (χ3n) is 13.6. The molecule has 62 heavy (non-hydrogen) atoms. The average Bonchev–Trinajstić information content (AvgIpc) is 3.33. The number of hydrogen-bond acceptors (Lipinski definition) is 2. The molecular weight excluding hydrogens is 749 g/mol. The van der Waals surface area contributed by atoms with Crippen LogP contribution < -0.4 is 9.80 Å².